The molecule has 3 N–H and O–H groups in total. The van der Waals surface area contributed by atoms with Gasteiger partial charge in [-0.3, -0.25) is 14.8 Å². The van der Waals surface area contributed by atoms with Crippen LogP contribution in [0, 0.1) is 50.2 Å². The molecule has 7 atom stereocenters. The summed E-state index contributed by atoms with van der Waals surface area (Å²) in [6.45, 7) is 15.8. The van der Waals surface area contributed by atoms with Crippen molar-refractivity contribution in [2.24, 2.45) is 50.2 Å². The van der Waals surface area contributed by atoms with E-state index in [1.807, 2.05) is 19.9 Å². The van der Waals surface area contributed by atoms with E-state index in [1.165, 1.54) is 5.57 Å². The fraction of sp³-hybridized carbons (Fsp3) is 0.800. The number of aliphatic hydroxyl groups is 1. The van der Waals surface area contributed by atoms with Crippen LogP contribution in [0.15, 0.2) is 23.5 Å². The minimum absolute atomic E-state index is 0.000970. The van der Waals surface area contributed by atoms with Gasteiger partial charge < -0.3 is 5.11 Å². The van der Waals surface area contributed by atoms with E-state index in [0.717, 1.165) is 51.4 Å². The molecule has 194 valence electrons. The van der Waals surface area contributed by atoms with Gasteiger partial charge in [0.1, 0.15) is 0 Å². The molecule has 0 heterocycles. The summed E-state index contributed by atoms with van der Waals surface area (Å²) < 4.78 is 0. The largest absolute Gasteiger partial charge is 0.505 e. The van der Waals surface area contributed by atoms with Crippen LogP contribution in [0.1, 0.15) is 99.8 Å². The zero-order valence-corrected chi connectivity index (χ0v) is 22.8. The Morgan fingerprint density at radius 1 is 0.971 bits per heavy atom. The number of ketones is 1. The highest BCUT2D eigenvalue weighted by Crippen LogP contribution is 2.75. The number of hydrogen-bond donors (Lipinski definition) is 3. The average molecular weight is 484 g/mol. The molecule has 0 saturated heterocycles. The average Bonchev–Trinajstić information content (AvgIpc) is 2.77. The molecule has 0 bridgehead atoms. The van der Waals surface area contributed by atoms with Crippen LogP contribution in [-0.4, -0.2) is 22.0 Å². The molecule has 0 aromatic carbocycles. The van der Waals surface area contributed by atoms with Crippen LogP contribution in [0.5, 0.6) is 0 Å². The van der Waals surface area contributed by atoms with Crippen molar-refractivity contribution in [1.29, 1.82) is 0 Å². The van der Waals surface area contributed by atoms with Gasteiger partial charge in [-0.05, 0) is 96.9 Å². The lowest BCUT2D eigenvalue weighted by Gasteiger charge is -2.69. The highest BCUT2D eigenvalue weighted by Gasteiger charge is 2.69. The summed E-state index contributed by atoms with van der Waals surface area (Å²) in [6, 6.07) is 0. The number of aliphatic hydroxyl groups excluding tert-OH is 1. The fourth-order valence-corrected chi connectivity index (χ4v) is 10.2. The second-order valence-electron chi connectivity index (χ2n) is 14.8. The maximum Gasteiger partial charge on any atom is 0.250 e. The molecule has 1 amide bonds. The third-order valence-electron chi connectivity index (χ3n) is 12.5. The van der Waals surface area contributed by atoms with E-state index < -0.39 is 10.8 Å². The molecule has 35 heavy (non-hydrogen) atoms. The molecule has 3 fully saturated rings. The normalized spacial score (nSPS) is 47.8. The second-order valence-corrected chi connectivity index (χ2v) is 14.8. The Bertz CT molecular complexity index is 1040. The van der Waals surface area contributed by atoms with Crippen LogP contribution < -0.4 is 5.48 Å². The van der Waals surface area contributed by atoms with Gasteiger partial charge in [-0.25, -0.2) is 5.48 Å². The van der Waals surface area contributed by atoms with E-state index in [0.29, 0.717) is 5.92 Å². The molecule has 3 saturated carbocycles. The molecule has 0 aromatic heterocycles. The van der Waals surface area contributed by atoms with Crippen molar-refractivity contribution in [2.45, 2.75) is 99.8 Å². The van der Waals surface area contributed by atoms with Crippen LogP contribution in [0.4, 0.5) is 0 Å². The fourth-order valence-electron chi connectivity index (χ4n) is 10.2. The lowest BCUT2D eigenvalue weighted by molar-refractivity contribution is -0.171. The van der Waals surface area contributed by atoms with Gasteiger partial charge in [0.15, 0.2) is 5.76 Å². The molecule has 0 spiro atoms. The second kappa shape index (κ2) is 7.24. The van der Waals surface area contributed by atoms with E-state index >= 15 is 0 Å². The van der Waals surface area contributed by atoms with Crippen molar-refractivity contribution in [3.8, 4) is 0 Å². The van der Waals surface area contributed by atoms with E-state index in [1.54, 1.807) is 0 Å². The third kappa shape index (κ3) is 2.97. The van der Waals surface area contributed by atoms with Crippen molar-refractivity contribution >= 4 is 11.7 Å². The smallest absolute Gasteiger partial charge is 0.250 e. The van der Waals surface area contributed by atoms with E-state index in [4.69, 9.17) is 0 Å². The van der Waals surface area contributed by atoms with Gasteiger partial charge in [-0.1, -0.05) is 60.1 Å². The van der Waals surface area contributed by atoms with Gasteiger partial charge in [0.2, 0.25) is 11.7 Å². The summed E-state index contributed by atoms with van der Waals surface area (Å²) in [5.74, 6) is 0.260. The van der Waals surface area contributed by atoms with Gasteiger partial charge >= 0.3 is 0 Å². The number of hydroxylamine groups is 1. The number of nitrogens with one attached hydrogen (secondary N) is 1. The van der Waals surface area contributed by atoms with Crippen LogP contribution in [-0.2, 0) is 9.59 Å². The highest BCUT2D eigenvalue weighted by atomic mass is 16.5. The summed E-state index contributed by atoms with van der Waals surface area (Å²) in [6.07, 6.45) is 11.8. The van der Waals surface area contributed by atoms with Crippen LogP contribution in [0.3, 0.4) is 0 Å². The Balaban J connectivity index is 1.64. The zero-order valence-electron chi connectivity index (χ0n) is 22.8. The van der Waals surface area contributed by atoms with Crippen LogP contribution >= 0.6 is 0 Å². The van der Waals surface area contributed by atoms with E-state index in [-0.39, 0.29) is 50.9 Å². The molecular formula is C30H45NO4. The van der Waals surface area contributed by atoms with Crippen molar-refractivity contribution in [3.63, 3.8) is 0 Å². The summed E-state index contributed by atoms with van der Waals surface area (Å²) in [4.78, 5) is 26.1. The van der Waals surface area contributed by atoms with Crippen molar-refractivity contribution in [2.75, 3.05) is 0 Å². The molecule has 5 rings (SSSR count). The number of Topliss-reactive ketones (excluding diaryl/α,β-unsaturated/α-hetero) is 1. The first kappa shape index (κ1) is 25.0. The topological polar surface area (TPSA) is 86.6 Å². The Kier molecular flexibility index (Phi) is 5.18. The highest BCUT2D eigenvalue weighted by molar-refractivity contribution is 5.98. The Morgan fingerprint density at radius 3 is 2.29 bits per heavy atom. The number of carbonyl (C=O) groups excluding carboxylic acids is 2. The Labute approximate surface area is 210 Å². The minimum Gasteiger partial charge on any atom is -0.505 e. The molecule has 0 aromatic rings. The first-order valence-electron chi connectivity index (χ1n) is 13.7. The van der Waals surface area contributed by atoms with Gasteiger partial charge in [0.05, 0.1) is 5.41 Å². The number of amides is 1. The Hall–Kier alpha value is -1.62. The van der Waals surface area contributed by atoms with Gasteiger partial charge in [0.25, 0.3) is 0 Å². The summed E-state index contributed by atoms with van der Waals surface area (Å²) in [5.41, 5.74) is 2.22. The molecule has 5 heteroatoms. The molecule has 0 radical (unpaired) electrons. The standard InChI is InChI=1S/C30H45NO4/c1-25(2)12-14-30(24(34)31-35)15-13-28(6)18(19(30)16-25)8-9-22-27(5)17-20(32)23(33)26(3,4)21(27)10-11-29(22,28)7/h8,17,19,21-22,32,35H,9-16H2,1-7H3,(H,31,34)/t19-,21-,22+,27-,28+,29+,30-/m0/s1. The quantitative estimate of drug-likeness (QED) is 0.225. The first-order chi connectivity index (χ1) is 16.1. The number of hydrogen-bond acceptors (Lipinski definition) is 4. The van der Waals surface area contributed by atoms with E-state index in [2.05, 4.69) is 46.2 Å². The van der Waals surface area contributed by atoms with Crippen molar-refractivity contribution in [1.82, 2.24) is 5.48 Å². The van der Waals surface area contributed by atoms with Gasteiger partial charge in [-0.2, -0.15) is 0 Å². The van der Waals surface area contributed by atoms with E-state index in [9.17, 15) is 19.9 Å². The van der Waals surface area contributed by atoms with Crippen molar-refractivity contribution in [3.05, 3.63) is 23.5 Å². The lowest BCUT2D eigenvalue weighted by Crippen LogP contribution is -2.64. The lowest BCUT2D eigenvalue weighted by atomic mass is 9.34. The monoisotopic (exact) mass is 483 g/mol. The number of rotatable bonds is 1. The number of allylic oxidation sites excluding steroid dienone is 4. The SMILES string of the molecule is CC1(C)CC[C@]2(C(=O)NO)CC[C@]3(C)C(=CC[C@@H]4[C@@]5(C)C=C(O)C(=O)C(C)(C)[C@@H]5CC[C@]43C)[C@@H]2C1. The summed E-state index contributed by atoms with van der Waals surface area (Å²) >= 11 is 0. The maximum absolute atomic E-state index is 13.2. The molecule has 0 unspecified atom stereocenters. The summed E-state index contributed by atoms with van der Waals surface area (Å²) in [5, 5.41) is 20.5. The van der Waals surface area contributed by atoms with Gasteiger partial charge in [0, 0.05) is 5.41 Å². The predicted molar refractivity (Wildman–Crippen MR) is 135 cm³/mol. The summed E-state index contributed by atoms with van der Waals surface area (Å²) in [7, 11) is 0. The zero-order chi connectivity index (χ0) is 25.8. The molecule has 5 aliphatic rings. The number of fused-ring (bicyclic) bond motifs is 7. The van der Waals surface area contributed by atoms with Crippen molar-refractivity contribution < 1.29 is 19.9 Å². The Morgan fingerprint density at radius 2 is 1.63 bits per heavy atom. The third-order valence-corrected chi connectivity index (χ3v) is 12.5. The molecule has 0 aliphatic heterocycles. The predicted octanol–water partition coefficient (Wildman–Crippen LogP) is 6.52. The van der Waals surface area contributed by atoms with Crippen LogP contribution in [0.2, 0.25) is 0 Å². The number of carbonyl (C=O) groups is 2. The molecule has 5 nitrogen and oxygen atoms in total. The van der Waals surface area contributed by atoms with Crippen LogP contribution in [0.25, 0.3) is 0 Å². The first-order valence-corrected chi connectivity index (χ1v) is 13.7. The molecule has 5 aliphatic carbocycles. The minimum atomic E-state index is -0.575. The maximum atomic E-state index is 13.2. The van der Waals surface area contributed by atoms with Gasteiger partial charge in [-0.15, -0.1) is 0 Å². The molecular weight excluding hydrogens is 438 g/mol.